The second-order valence-electron chi connectivity index (χ2n) is 3.76. The van der Waals surface area contributed by atoms with E-state index < -0.39 is 6.10 Å². The Kier molecular flexibility index (Phi) is 3.36. The Labute approximate surface area is 84.9 Å². The topological polar surface area (TPSA) is 58.3 Å². The highest BCUT2D eigenvalue weighted by Gasteiger charge is 2.09. The van der Waals surface area contributed by atoms with Crippen LogP contribution in [0.15, 0.2) is 18.2 Å². The van der Waals surface area contributed by atoms with Crippen LogP contribution in [0.5, 0.6) is 0 Å². The van der Waals surface area contributed by atoms with Crippen molar-refractivity contribution < 1.29 is 5.11 Å². The summed E-state index contributed by atoms with van der Waals surface area (Å²) in [5.41, 5.74) is 8.56. The summed E-state index contributed by atoms with van der Waals surface area (Å²) >= 11 is 0. The minimum atomic E-state index is -0.393. The molecule has 2 atom stereocenters. The molecule has 3 heteroatoms. The van der Waals surface area contributed by atoms with Crippen LogP contribution in [0.25, 0.3) is 0 Å². The van der Waals surface area contributed by atoms with Gasteiger partial charge in [-0.05, 0) is 38.5 Å². The van der Waals surface area contributed by atoms with Crippen molar-refractivity contribution in [3.8, 4) is 0 Å². The second kappa shape index (κ2) is 4.33. The van der Waals surface area contributed by atoms with E-state index in [1.807, 2.05) is 32.0 Å². The van der Waals surface area contributed by atoms with Gasteiger partial charge >= 0.3 is 0 Å². The Hall–Kier alpha value is -1.22. The summed E-state index contributed by atoms with van der Waals surface area (Å²) in [5, 5.41) is 12.5. The molecule has 14 heavy (non-hydrogen) atoms. The number of nitrogens with two attached hydrogens (primary N) is 1. The van der Waals surface area contributed by atoms with Gasteiger partial charge in [-0.3, -0.25) is 0 Å². The smallest absolute Gasteiger partial charge is 0.0710 e. The molecule has 3 nitrogen and oxygen atoms in total. The number of aliphatic hydroxyl groups is 1. The van der Waals surface area contributed by atoms with Crippen LogP contribution < -0.4 is 11.1 Å². The fraction of sp³-hybridized carbons (Fsp3) is 0.455. The molecule has 0 saturated heterocycles. The number of nitrogens with one attached hydrogen (secondary N) is 1. The average molecular weight is 194 g/mol. The molecule has 2 unspecified atom stereocenters. The van der Waals surface area contributed by atoms with Gasteiger partial charge < -0.3 is 16.2 Å². The van der Waals surface area contributed by atoms with E-state index in [2.05, 4.69) is 5.32 Å². The number of aryl methyl sites for hydroxylation is 1. The van der Waals surface area contributed by atoms with Gasteiger partial charge in [-0.1, -0.05) is 6.07 Å². The highest BCUT2D eigenvalue weighted by molar-refractivity contribution is 5.67. The predicted molar refractivity (Wildman–Crippen MR) is 60.4 cm³/mol. The standard InChI is InChI=1S/C11H18N2O/c1-7-4-5-11(10(12)6-7)13-8(2)9(3)14/h4-6,8-9,13-14H,12H2,1-3H3. The van der Waals surface area contributed by atoms with Gasteiger partial charge in [0.2, 0.25) is 0 Å². The zero-order valence-electron chi connectivity index (χ0n) is 8.91. The van der Waals surface area contributed by atoms with Gasteiger partial charge in [0.05, 0.1) is 17.5 Å². The number of hydrogen-bond donors (Lipinski definition) is 3. The Bertz CT molecular complexity index is 310. The molecule has 0 aliphatic carbocycles. The maximum atomic E-state index is 9.32. The maximum absolute atomic E-state index is 9.32. The van der Waals surface area contributed by atoms with Crippen molar-refractivity contribution in [2.45, 2.75) is 32.9 Å². The zero-order valence-corrected chi connectivity index (χ0v) is 8.91. The molecule has 1 aromatic rings. The molecule has 1 rings (SSSR count). The van der Waals surface area contributed by atoms with Gasteiger partial charge in [-0.25, -0.2) is 0 Å². The summed E-state index contributed by atoms with van der Waals surface area (Å²) in [6.07, 6.45) is -0.393. The third-order valence-electron chi connectivity index (χ3n) is 2.31. The summed E-state index contributed by atoms with van der Waals surface area (Å²) in [7, 11) is 0. The summed E-state index contributed by atoms with van der Waals surface area (Å²) in [5.74, 6) is 0. The first-order valence-corrected chi connectivity index (χ1v) is 4.81. The van der Waals surface area contributed by atoms with Gasteiger partial charge in [-0.15, -0.1) is 0 Å². The molecule has 0 fully saturated rings. The molecule has 0 saturated carbocycles. The molecule has 0 spiro atoms. The lowest BCUT2D eigenvalue weighted by Gasteiger charge is -2.19. The molecule has 0 aliphatic rings. The lowest BCUT2D eigenvalue weighted by Crippen LogP contribution is -2.28. The third-order valence-corrected chi connectivity index (χ3v) is 2.31. The van der Waals surface area contributed by atoms with Crippen molar-refractivity contribution in [2.24, 2.45) is 0 Å². The summed E-state index contributed by atoms with van der Waals surface area (Å²) in [4.78, 5) is 0. The van der Waals surface area contributed by atoms with E-state index in [0.717, 1.165) is 16.9 Å². The maximum Gasteiger partial charge on any atom is 0.0710 e. The molecule has 0 aliphatic heterocycles. The average Bonchev–Trinajstić information content (AvgIpc) is 2.09. The molecular weight excluding hydrogens is 176 g/mol. The van der Waals surface area contributed by atoms with Gasteiger partial charge in [0.25, 0.3) is 0 Å². The van der Waals surface area contributed by atoms with Crippen molar-refractivity contribution in [1.29, 1.82) is 0 Å². The number of rotatable bonds is 3. The Balaban J connectivity index is 2.77. The first-order valence-electron chi connectivity index (χ1n) is 4.81. The zero-order chi connectivity index (χ0) is 10.7. The van der Waals surface area contributed by atoms with E-state index in [-0.39, 0.29) is 6.04 Å². The lowest BCUT2D eigenvalue weighted by molar-refractivity contribution is 0.178. The molecule has 0 aromatic heterocycles. The summed E-state index contributed by atoms with van der Waals surface area (Å²) in [6.45, 7) is 5.67. The van der Waals surface area contributed by atoms with Crippen LogP contribution in [-0.2, 0) is 0 Å². The van der Waals surface area contributed by atoms with Gasteiger partial charge in [0, 0.05) is 6.04 Å². The summed E-state index contributed by atoms with van der Waals surface area (Å²) in [6, 6.07) is 5.84. The minimum absolute atomic E-state index is 0.00000567. The number of benzene rings is 1. The van der Waals surface area contributed by atoms with Crippen LogP contribution >= 0.6 is 0 Å². The van der Waals surface area contributed by atoms with Crippen LogP contribution in [0.3, 0.4) is 0 Å². The predicted octanol–water partition coefficient (Wildman–Crippen LogP) is 1.76. The van der Waals surface area contributed by atoms with E-state index in [9.17, 15) is 5.11 Å². The Morgan fingerprint density at radius 3 is 2.50 bits per heavy atom. The normalized spacial score (nSPS) is 14.9. The highest BCUT2D eigenvalue weighted by Crippen LogP contribution is 2.20. The minimum Gasteiger partial charge on any atom is -0.397 e. The fourth-order valence-corrected chi connectivity index (χ4v) is 1.18. The van der Waals surface area contributed by atoms with E-state index >= 15 is 0 Å². The lowest BCUT2D eigenvalue weighted by atomic mass is 10.1. The first kappa shape index (κ1) is 10.9. The van der Waals surface area contributed by atoms with Crippen molar-refractivity contribution >= 4 is 11.4 Å². The number of anilines is 2. The highest BCUT2D eigenvalue weighted by atomic mass is 16.3. The molecule has 1 aromatic carbocycles. The van der Waals surface area contributed by atoms with Crippen molar-refractivity contribution in [1.82, 2.24) is 0 Å². The fourth-order valence-electron chi connectivity index (χ4n) is 1.18. The van der Waals surface area contributed by atoms with E-state index in [0.29, 0.717) is 0 Å². The van der Waals surface area contributed by atoms with Crippen molar-refractivity contribution in [3.63, 3.8) is 0 Å². The first-order chi connectivity index (χ1) is 6.50. The molecule has 0 bridgehead atoms. The SMILES string of the molecule is Cc1ccc(NC(C)C(C)O)c(N)c1. The van der Waals surface area contributed by atoms with Crippen LogP contribution in [0.4, 0.5) is 11.4 Å². The Morgan fingerprint density at radius 1 is 1.36 bits per heavy atom. The third kappa shape index (κ3) is 2.64. The molecule has 0 heterocycles. The van der Waals surface area contributed by atoms with Crippen molar-refractivity contribution in [2.75, 3.05) is 11.1 Å². The van der Waals surface area contributed by atoms with Gasteiger partial charge in [0.1, 0.15) is 0 Å². The number of aliphatic hydroxyl groups excluding tert-OH is 1. The van der Waals surface area contributed by atoms with Crippen molar-refractivity contribution in [3.05, 3.63) is 23.8 Å². The second-order valence-corrected chi connectivity index (χ2v) is 3.76. The Morgan fingerprint density at radius 2 is 2.00 bits per heavy atom. The van der Waals surface area contributed by atoms with Crippen LogP contribution in [-0.4, -0.2) is 17.3 Å². The van der Waals surface area contributed by atoms with Crippen LogP contribution in [0.2, 0.25) is 0 Å². The van der Waals surface area contributed by atoms with E-state index in [4.69, 9.17) is 5.73 Å². The summed E-state index contributed by atoms with van der Waals surface area (Å²) < 4.78 is 0. The molecule has 0 radical (unpaired) electrons. The molecule has 78 valence electrons. The van der Waals surface area contributed by atoms with E-state index in [1.165, 1.54) is 0 Å². The monoisotopic (exact) mass is 194 g/mol. The number of nitrogen functional groups attached to an aromatic ring is 1. The van der Waals surface area contributed by atoms with E-state index in [1.54, 1.807) is 6.92 Å². The number of hydrogen-bond acceptors (Lipinski definition) is 3. The molecular formula is C11H18N2O. The van der Waals surface area contributed by atoms with Crippen LogP contribution in [0, 0.1) is 6.92 Å². The largest absolute Gasteiger partial charge is 0.397 e. The molecule has 4 N–H and O–H groups in total. The molecule has 0 amide bonds. The van der Waals surface area contributed by atoms with Gasteiger partial charge in [0.15, 0.2) is 0 Å². The quantitative estimate of drug-likeness (QED) is 0.643. The van der Waals surface area contributed by atoms with Gasteiger partial charge in [-0.2, -0.15) is 0 Å². The van der Waals surface area contributed by atoms with Crippen LogP contribution in [0.1, 0.15) is 19.4 Å².